The third-order valence-corrected chi connectivity index (χ3v) is 5.05. The Morgan fingerprint density at radius 3 is 2.61 bits per heavy atom. The Bertz CT molecular complexity index is 611. The summed E-state index contributed by atoms with van der Waals surface area (Å²) in [5.74, 6) is 0.602. The van der Waals surface area contributed by atoms with Crippen LogP contribution >= 0.6 is 15.9 Å². The van der Waals surface area contributed by atoms with Crippen molar-refractivity contribution in [2.45, 2.75) is 31.7 Å². The van der Waals surface area contributed by atoms with Gasteiger partial charge in [-0.3, -0.25) is 14.9 Å². The second kappa shape index (κ2) is 6.97. The molecule has 1 saturated heterocycles. The van der Waals surface area contributed by atoms with E-state index in [0.717, 1.165) is 25.3 Å². The number of carbonyl (C=O) groups excluding carboxylic acids is 1. The highest BCUT2D eigenvalue weighted by atomic mass is 79.9. The number of rotatable bonds is 5. The molecule has 1 aromatic carbocycles. The maximum atomic E-state index is 12.6. The molecule has 0 spiro atoms. The summed E-state index contributed by atoms with van der Waals surface area (Å²) in [5.41, 5.74) is 0.0287. The maximum absolute atomic E-state index is 12.6. The van der Waals surface area contributed by atoms with E-state index in [1.165, 1.54) is 25.0 Å². The lowest BCUT2D eigenvalue weighted by atomic mass is 10.0. The largest absolute Gasteiger partial charge is 0.338 e. The van der Waals surface area contributed by atoms with Gasteiger partial charge in [0.15, 0.2) is 0 Å². The zero-order valence-corrected chi connectivity index (χ0v) is 14.4. The van der Waals surface area contributed by atoms with Crippen LogP contribution in [-0.2, 0) is 0 Å². The molecule has 1 aliphatic carbocycles. The van der Waals surface area contributed by atoms with Gasteiger partial charge in [0.05, 0.1) is 4.92 Å². The number of nitro groups is 1. The second-order valence-corrected chi connectivity index (χ2v) is 7.25. The molecule has 1 aliphatic heterocycles. The van der Waals surface area contributed by atoms with E-state index in [9.17, 15) is 14.9 Å². The molecule has 1 amide bonds. The molecule has 0 atom stereocenters. The second-order valence-electron chi connectivity index (χ2n) is 6.34. The fourth-order valence-corrected chi connectivity index (χ4v) is 3.30. The van der Waals surface area contributed by atoms with Crippen molar-refractivity contribution in [3.63, 3.8) is 0 Å². The number of carbonyl (C=O) groups is 1. The van der Waals surface area contributed by atoms with Gasteiger partial charge in [-0.05, 0) is 50.3 Å². The van der Waals surface area contributed by atoms with E-state index in [1.807, 2.05) is 0 Å². The van der Waals surface area contributed by atoms with E-state index in [4.69, 9.17) is 0 Å². The van der Waals surface area contributed by atoms with Crippen molar-refractivity contribution in [3.8, 4) is 0 Å². The Morgan fingerprint density at radius 1 is 1.30 bits per heavy atom. The lowest BCUT2D eigenvalue weighted by Crippen LogP contribution is -2.45. The summed E-state index contributed by atoms with van der Waals surface area (Å²) in [6.45, 7) is 2.37. The Kier molecular flexibility index (Phi) is 4.96. The predicted molar refractivity (Wildman–Crippen MR) is 90.4 cm³/mol. The Morgan fingerprint density at radius 2 is 2.00 bits per heavy atom. The van der Waals surface area contributed by atoms with Crippen LogP contribution in [0.25, 0.3) is 0 Å². The van der Waals surface area contributed by atoms with Gasteiger partial charge in [-0.25, -0.2) is 0 Å². The van der Waals surface area contributed by atoms with Gasteiger partial charge in [-0.2, -0.15) is 0 Å². The molecule has 3 rings (SSSR count). The van der Waals surface area contributed by atoms with Crippen LogP contribution in [0.2, 0.25) is 0 Å². The molecule has 0 unspecified atom stereocenters. The highest BCUT2D eigenvalue weighted by molar-refractivity contribution is 9.10. The number of nitrogens with one attached hydrogen (secondary N) is 1. The zero-order valence-electron chi connectivity index (χ0n) is 12.8. The molecule has 23 heavy (non-hydrogen) atoms. The number of hydrogen-bond donors (Lipinski definition) is 1. The van der Waals surface area contributed by atoms with E-state index in [-0.39, 0.29) is 17.2 Å². The quantitative estimate of drug-likeness (QED) is 0.628. The first kappa shape index (κ1) is 16.4. The fraction of sp³-hybridized carbons (Fsp3) is 0.562. The van der Waals surface area contributed by atoms with E-state index >= 15 is 0 Å². The molecule has 124 valence electrons. The number of benzene rings is 1. The van der Waals surface area contributed by atoms with Crippen LogP contribution < -0.4 is 5.32 Å². The van der Waals surface area contributed by atoms with E-state index in [1.54, 1.807) is 11.0 Å². The minimum Gasteiger partial charge on any atom is -0.338 e. The van der Waals surface area contributed by atoms with Crippen molar-refractivity contribution in [1.29, 1.82) is 0 Å². The number of piperidine rings is 1. The molecular formula is C16H20BrN3O3. The summed E-state index contributed by atoms with van der Waals surface area (Å²) in [6.07, 6.45) is 4.47. The molecular weight excluding hydrogens is 362 g/mol. The minimum absolute atomic E-state index is 0.140. The predicted octanol–water partition coefficient (Wildman–Crippen LogP) is 2.96. The first-order chi connectivity index (χ1) is 11.0. The third kappa shape index (κ3) is 4.09. The molecule has 2 aliphatic rings. The molecule has 7 heteroatoms. The van der Waals surface area contributed by atoms with E-state index in [2.05, 4.69) is 21.2 Å². The van der Waals surface area contributed by atoms with Gasteiger partial charge in [0.2, 0.25) is 0 Å². The molecule has 2 fully saturated rings. The lowest BCUT2D eigenvalue weighted by molar-refractivity contribution is -0.385. The van der Waals surface area contributed by atoms with Crippen molar-refractivity contribution in [1.82, 2.24) is 10.2 Å². The SMILES string of the molecule is O=C(c1ccc(Br)cc1[N+](=O)[O-])N1CCC(NCC2CC2)CC1. The summed E-state index contributed by atoms with van der Waals surface area (Å²) in [6, 6.07) is 5.04. The lowest BCUT2D eigenvalue weighted by Gasteiger charge is -2.32. The van der Waals surface area contributed by atoms with Crippen molar-refractivity contribution < 1.29 is 9.72 Å². The van der Waals surface area contributed by atoms with E-state index < -0.39 is 4.92 Å². The summed E-state index contributed by atoms with van der Waals surface area (Å²) in [4.78, 5) is 25.0. The van der Waals surface area contributed by atoms with Crippen LogP contribution in [0.1, 0.15) is 36.0 Å². The third-order valence-electron chi connectivity index (χ3n) is 4.56. The van der Waals surface area contributed by atoms with Gasteiger partial charge in [-0.1, -0.05) is 15.9 Å². The Hall–Kier alpha value is -1.47. The summed E-state index contributed by atoms with van der Waals surface area (Å²) in [7, 11) is 0. The number of likely N-dealkylation sites (tertiary alicyclic amines) is 1. The van der Waals surface area contributed by atoms with Gasteiger partial charge in [0, 0.05) is 29.7 Å². The van der Waals surface area contributed by atoms with Crippen LogP contribution in [0.15, 0.2) is 22.7 Å². The van der Waals surface area contributed by atoms with Crippen molar-refractivity contribution in [2.75, 3.05) is 19.6 Å². The van der Waals surface area contributed by atoms with Crippen LogP contribution in [0.5, 0.6) is 0 Å². The highest BCUT2D eigenvalue weighted by Crippen LogP contribution is 2.28. The van der Waals surface area contributed by atoms with Gasteiger partial charge < -0.3 is 10.2 Å². The topological polar surface area (TPSA) is 75.5 Å². The molecule has 6 nitrogen and oxygen atoms in total. The minimum atomic E-state index is -0.498. The number of halogens is 1. The zero-order chi connectivity index (χ0) is 16.4. The van der Waals surface area contributed by atoms with Gasteiger partial charge in [0.1, 0.15) is 5.56 Å². The highest BCUT2D eigenvalue weighted by Gasteiger charge is 2.29. The monoisotopic (exact) mass is 381 g/mol. The molecule has 1 N–H and O–H groups in total. The molecule has 0 radical (unpaired) electrons. The van der Waals surface area contributed by atoms with Gasteiger partial charge >= 0.3 is 0 Å². The maximum Gasteiger partial charge on any atom is 0.283 e. The van der Waals surface area contributed by atoms with Crippen molar-refractivity contribution in [2.24, 2.45) is 5.92 Å². The molecule has 1 aromatic rings. The molecule has 0 aromatic heterocycles. The van der Waals surface area contributed by atoms with Gasteiger partial charge in [-0.15, -0.1) is 0 Å². The smallest absolute Gasteiger partial charge is 0.283 e. The standard InChI is InChI=1S/C16H20BrN3O3/c17-12-3-4-14(15(9-12)20(22)23)16(21)19-7-5-13(6-8-19)18-10-11-1-2-11/h3-4,9,11,13,18H,1-2,5-8,10H2. The molecule has 1 saturated carbocycles. The van der Waals surface area contributed by atoms with Crippen molar-refractivity contribution in [3.05, 3.63) is 38.3 Å². The Labute approximate surface area is 143 Å². The summed E-state index contributed by atoms with van der Waals surface area (Å²) < 4.78 is 0.601. The normalized spacial score (nSPS) is 18.9. The van der Waals surface area contributed by atoms with Crippen LogP contribution in [0, 0.1) is 16.0 Å². The van der Waals surface area contributed by atoms with E-state index in [0.29, 0.717) is 23.6 Å². The molecule has 1 heterocycles. The van der Waals surface area contributed by atoms with Crippen LogP contribution in [0.4, 0.5) is 5.69 Å². The first-order valence-electron chi connectivity index (χ1n) is 8.01. The van der Waals surface area contributed by atoms with Crippen LogP contribution in [-0.4, -0.2) is 41.4 Å². The summed E-state index contributed by atoms with van der Waals surface area (Å²) >= 11 is 3.21. The Balaban J connectivity index is 1.61. The average Bonchev–Trinajstić information content (AvgIpc) is 3.37. The first-order valence-corrected chi connectivity index (χ1v) is 8.80. The number of amides is 1. The van der Waals surface area contributed by atoms with Crippen LogP contribution in [0.3, 0.4) is 0 Å². The average molecular weight is 382 g/mol. The van der Waals surface area contributed by atoms with Crippen molar-refractivity contribution >= 4 is 27.5 Å². The fourth-order valence-electron chi connectivity index (χ4n) is 2.95. The summed E-state index contributed by atoms with van der Waals surface area (Å²) in [5, 5.41) is 14.7. The number of nitro benzene ring substituents is 1. The number of nitrogens with zero attached hydrogens (tertiary/aromatic N) is 2. The molecule has 0 bridgehead atoms. The number of hydrogen-bond acceptors (Lipinski definition) is 4. The van der Waals surface area contributed by atoms with Gasteiger partial charge in [0.25, 0.3) is 11.6 Å².